The minimum absolute atomic E-state index is 0.0586. The lowest BCUT2D eigenvalue weighted by molar-refractivity contribution is -0.143. The van der Waals surface area contributed by atoms with Crippen LogP contribution < -0.4 is 5.32 Å². The van der Waals surface area contributed by atoms with Gasteiger partial charge in [-0.25, -0.2) is 9.18 Å². The summed E-state index contributed by atoms with van der Waals surface area (Å²) in [6.45, 7) is 1.09. The molecule has 0 spiro atoms. The van der Waals surface area contributed by atoms with Crippen LogP contribution in [0.15, 0.2) is 41.0 Å². The molecule has 2 aromatic heterocycles. The third-order valence-electron chi connectivity index (χ3n) is 3.74. The maximum atomic E-state index is 14.3. The summed E-state index contributed by atoms with van der Waals surface area (Å²) >= 11 is 1.07. The van der Waals surface area contributed by atoms with Gasteiger partial charge in [0, 0.05) is 15.6 Å². The highest BCUT2D eigenvalue weighted by molar-refractivity contribution is 7.21. The van der Waals surface area contributed by atoms with Gasteiger partial charge in [0.1, 0.15) is 23.8 Å². The van der Waals surface area contributed by atoms with Crippen LogP contribution in [-0.4, -0.2) is 31.0 Å². The van der Waals surface area contributed by atoms with Gasteiger partial charge in [-0.3, -0.25) is 9.59 Å². The van der Waals surface area contributed by atoms with Gasteiger partial charge in [-0.15, -0.1) is 11.3 Å². The first kappa shape index (κ1) is 19.6. The van der Waals surface area contributed by atoms with E-state index in [9.17, 15) is 18.8 Å². The molecule has 9 heteroatoms. The van der Waals surface area contributed by atoms with Crippen LogP contribution in [0.1, 0.15) is 32.7 Å². The molecule has 0 fully saturated rings. The van der Waals surface area contributed by atoms with Crippen LogP contribution in [0.5, 0.6) is 0 Å². The van der Waals surface area contributed by atoms with Crippen molar-refractivity contribution in [2.75, 3.05) is 13.2 Å². The molecular formula is C19H16FNO6S. The van der Waals surface area contributed by atoms with E-state index in [0.717, 1.165) is 11.3 Å². The van der Waals surface area contributed by atoms with Gasteiger partial charge in [0.2, 0.25) is 0 Å². The van der Waals surface area contributed by atoms with Crippen LogP contribution in [-0.2, 0) is 20.9 Å². The summed E-state index contributed by atoms with van der Waals surface area (Å²) in [5.74, 6) is -2.39. The average Bonchev–Trinajstić information content (AvgIpc) is 3.33. The van der Waals surface area contributed by atoms with Crippen molar-refractivity contribution >= 4 is 39.3 Å². The zero-order chi connectivity index (χ0) is 20.1. The van der Waals surface area contributed by atoms with Crippen molar-refractivity contribution in [3.63, 3.8) is 0 Å². The number of thiophene rings is 1. The zero-order valence-corrected chi connectivity index (χ0v) is 15.6. The third-order valence-corrected chi connectivity index (χ3v) is 4.92. The van der Waals surface area contributed by atoms with E-state index in [0.29, 0.717) is 4.70 Å². The summed E-state index contributed by atoms with van der Waals surface area (Å²) in [6, 6.07) is 7.45. The number of hydrogen-bond donors (Lipinski definition) is 1. The maximum absolute atomic E-state index is 14.3. The molecule has 2 heterocycles. The van der Waals surface area contributed by atoms with Crippen LogP contribution in [0.3, 0.4) is 0 Å². The van der Waals surface area contributed by atoms with Crippen LogP contribution in [0.4, 0.5) is 4.39 Å². The van der Waals surface area contributed by atoms with Crippen molar-refractivity contribution in [2.24, 2.45) is 0 Å². The number of esters is 2. The molecular weight excluding hydrogens is 389 g/mol. The number of furan rings is 1. The molecule has 0 aliphatic heterocycles. The fourth-order valence-electron chi connectivity index (χ4n) is 2.52. The Morgan fingerprint density at radius 1 is 1.18 bits per heavy atom. The Morgan fingerprint density at radius 2 is 2.00 bits per heavy atom. The van der Waals surface area contributed by atoms with E-state index in [2.05, 4.69) is 5.32 Å². The number of benzene rings is 1. The maximum Gasteiger partial charge on any atom is 0.348 e. The predicted molar refractivity (Wildman–Crippen MR) is 98.6 cm³/mol. The number of ether oxygens (including phenoxy) is 2. The summed E-state index contributed by atoms with van der Waals surface area (Å²) in [7, 11) is 0. The lowest BCUT2D eigenvalue weighted by Gasteiger charge is -2.08. The van der Waals surface area contributed by atoms with Gasteiger partial charge in [0.15, 0.2) is 5.76 Å². The van der Waals surface area contributed by atoms with Crippen LogP contribution in [0.2, 0.25) is 0 Å². The number of carbonyl (C=O) groups is 3. The van der Waals surface area contributed by atoms with E-state index in [1.807, 2.05) is 0 Å². The number of amides is 1. The topological polar surface area (TPSA) is 94.8 Å². The first-order valence-electron chi connectivity index (χ1n) is 8.35. The molecule has 3 rings (SSSR count). The van der Waals surface area contributed by atoms with E-state index >= 15 is 0 Å². The molecule has 0 aliphatic carbocycles. The molecule has 1 N–H and O–H groups in total. The Bertz CT molecular complexity index is 1010. The zero-order valence-electron chi connectivity index (χ0n) is 14.8. The van der Waals surface area contributed by atoms with E-state index < -0.39 is 30.2 Å². The summed E-state index contributed by atoms with van der Waals surface area (Å²) in [5, 5.41) is 2.56. The fraction of sp³-hybridized carbons (Fsp3) is 0.211. The van der Waals surface area contributed by atoms with Crippen molar-refractivity contribution in [3.05, 3.63) is 58.6 Å². The number of nitrogens with one attached hydrogen (secondary N) is 1. The molecule has 3 aromatic rings. The quantitative estimate of drug-likeness (QED) is 0.606. The fourth-order valence-corrected chi connectivity index (χ4v) is 3.63. The Kier molecular flexibility index (Phi) is 6.05. The largest absolute Gasteiger partial charge is 0.462 e. The normalized spacial score (nSPS) is 10.6. The summed E-state index contributed by atoms with van der Waals surface area (Å²) in [6.07, 6.45) is 1.33. The van der Waals surface area contributed by atoms with Crippen molar-refractivity contribution < 1.29 is 32.7 Å². The molecule has 0 bridgehead atoms. The van der Waals surface area contributed by atoms with Gasteiger partial charge in [-0.1, -0.05) is 6.07 Å². The monoisotopic (exact) mass is 405 g/mol. The molecule has 0 unspecified atom stereocenters. The van der Waals surface area contributed by atoms with Gasteiger partial charge in [0.05, 0.1) is 12.9 Å². The second-order valence-electron chi connectivity index (χ2n) is 5.56. The van der Waals surface area contributed by atoms with Gasteiger partial charge in [0.25, 0.3) is 5.91 Å². The predicted octanol–water partition coefficient (Wildman–Crippen LogP) is 3.28. The van der Waals surface area contributed by atoms with Crippen LogP contribution in [0.25, 0.3) is 10.1 Å². The lowest BCUT2D eigenvalue weighted by atomic mass is 10.1. The molecule has 7 nitrogen and oxygen atoms in total. The third kappa shape index (κ3) is 4.20. The first-order chi connectivity index (χ1) is 13.5. The highest BCUT2D eigenvalue weighted by Gasteiger charge is 2.23. The van der Waals surface area contributed by atoms with E-state index in [4.69, 9.17) is 13.9 Å². The van der Waals surface area contributed by atoms with Crippen LogP contribution >= 0.6 is 11.3 Å². The Labute approximate surface area is 163 Å². The van der Waals surface area contributed by atoms with Crippen LogP contribution in [0, 0.1) is 5.82 Å². The molecule has 1 amide bonds. The average molecular weight is 405 g/mol. The Hall–Kier alpha value is -3.20. The lowest BCUT2D eigenvalue weighted by Crippen LogP contribution is -2.30. The molecule has 0 aliphatic rings. The summed E-state index contributed by atoms with van der Waals surface area (Å²) in [5.41, 5.74) is 0.238. The van der Waals surface area contributed by atoms with Crippen molar-refractivity contribution in [1.82, 2.24) is 5.32 Å². The molecule has 0 saturated heterocycles. The first-order valence-corrected chi connectivity index (χ1v) is 9.17. The van der Waals surface area contributed by atoms with Gasteiger partial charge < -0.3 is 19.2 Å². The molecule has 0 atom stereocenters. The molecule has 146 valence electrons. The highest BCUT2D eigenvalue weighted by Crippen LogP contribution is 2.34. The number of rotatable bonds is 7. The second-order valence-corrected chi connectivity index (χ2v) is 6.62. The van der Waals surface area contributed by atoms with Crippen molar-refractivity contribution in [3.8, 4) is 0 Å². The molecule has 0 saturated carbocycles. The standard InChI is InChI=1S/C19H16FNO6S/c1-2-25-19(24)17-11(16-12(20)5-3-7-14(16)28-17)10-27-15(22)9-21-18(23)13-6-4-8-26-13/h3-8H,2,9-10H2,1H3,(H,21,23). The van der Waals surface area contributed by atoms with E-state index in [1.54, 1.807) is 19.1 Å². The highest BCUT2D eigenvalue weighted by atomic mass is 32.1. The summed E-state index contributed by atoms with van der Waals surface area (Å²) < 4.78 is 29.9. The van der Waals surface area contributed by atoms with Gasteiger partial charge >= 0.3 is 11.9 Å². The molecule has 0 radical (unpaired) electrons. The van der Waals surface area contributed by atoms with E-state index in [-0.39, 0.29) is 34.8 Å². The molecule has 1 aromatic carbocycles. The minimum atomic E-state index is -0.745. The summed E-state index contributed by atoms with van der Waals surface area (Å²) in [4.78, 5) is 36.1. The Balaban J connectivity index is 1.72. The minimum Gasteiger partial charge on any atom is -0.462 e. The molecule has 28 heavy (non-hydrogen) atoms. The smallest absolute Gasteiger partial charge is 0.348 e. The van der Waals surface area contributed by atoms with E-state index in [1.165, 1.54) is 24.5 Å². The second kappa shape index (κ2) is 8.66. The number of halogens is 1. The number of hydrogen-bond acceptors (Lipinski definition) is 7. The van der Waals surface area contributed by atoms with Crippen molar-refractivity contribution in [1.29, 1.82) is 0 Å². The Morgan fingerprint density at radius 3 is 2.71 bits per heavy atom. The number of carbonyl (C=O) groups excluding carboxylic acids is 3. The van der Waals surface area contributed by atoms with Gasteiger partial charge in [-0.05, 0) is 31.2 Å². The van der Waals surface area contributed by atoms with Gasteiger partial charge in [-0.2, -0.15) is 0 Å². The SMILES string of the molecule is CCOC(=O)c1sc2cccc(F)c2c1COC(=O)CNC(=O)c1ccco1. The van der Waals surface area contributed by atoms with Crippen molar-refractivity contribution in [2.45, 2.75) is 13.5 Å². The number of fused-ring (bicyclic) bond motifs is 1.